The van der Waals surface area contributed by atoms with Crippen LogP contribution in [-0.2, 0) is 9.59 Å². The molecule has 0 bridgehead atoms. The van der Waals surface area contributed by atoms with Crippen LogP contribution in [0.3, 0.4) is 0 Å². The molecule has 5 heteroatoms. The summed E-state index contributed by atoms with van der Waals surface area (Å²) >= 11 is 0. The summed E-state index contributed by atoms with van der Waals surface area (Å²) in [7, 11) is 1.78. The lowest BCUT2D eigenvalue weighted by molar-refractivity contribution is -0.152. The van der Waals surface area contributed by atoms with Gasteiger partial charge in [0.15, 0.2) is 0 Å². The second kappa shape index (κ2) is 4.41. The zero-order valence-electron chi connectivity index (χ0n) is 10.4. The normalized spacial score (nSPS) is 23.2. The third-order valence-corrected chi connectivity index (χ3v) is 3.27. The van der Waals surface area contributed by atoms with Crippen molar-refractivity contribution in [3.05, 3.63) is 0 Å². The fraction of sp³-hybridized carbons (Fsp3) is 0.818. The zero-order chi connectivity index (χ0) is 12.5. The molecule has 1 rings (SSSR count). The fourth-order valence-electron chi connectivity index (χ4n) is 2.36. The van der Waals surface area contributed by atoms with Gasteiger partial charge in [-0.05, 0) is 20.8 Å². The van der Waals surface area contributed by atoms with E-state index in [1.54, 1.807) is 11.9 Å². The van der Waals surface area contributed by atoms with E-state index in [9.17, 15) is 9.59 Å². The minimum absolute atomic E-state index is 0.0518. The molecular formula is C11H20N2O3. The van der Waals surface area contributed by atoms with Crippen LogP contribution < -0.4 is 0 Å². The monoisotopic (exact) mass is 228 g/mol. The van der Waals surface area contributed by atoms with Gasteiger partial charge in [0.25, 0.3) is 0 Å². The topological polar surface area (TPSA) is 60.9 Å². The summed E-state index contributed by atoms with van der Waals surface area (Å²) in [5.74, 6) is -0.773. The fourth-order valence-corrected chi connectivity index (χ4v) is 2.36. The number of hydrogen-bond donors (Lipinski definition) is 1. The molecule has 92 valence electrons. The first kappa shape index (κ1) is 13.0. The van der Waals surface area contributed by atoms with Gasteiger partial charge in [-0.3, -0.25) is 14.5 Å². The van der Waals surface area contributed by atoms with E-state index >= 15 is 0 Å². The average molecular weight is 228 g/mol. The maximum atomic E-state index is 12.0. The molecule has 1 aliphatic heterocycles. The van der Waals surface area contributed by atoms with Crippen molar-refractivity contribution in [1.29, 1.82) is 0 Å². The number of amides is 1. The molecule has 1 heterocycles. The number of hydrogen-bond acceptors (Lipinski definition) is 3. The Kier molecular flexibility index (Phi) is 3.57. The lowest BCUT2D eigenvalue weighted by Crippen LogP contribution is -2.64. The van der Waals surface area contributed by atoms with Crippen molar-refractivity contribution in [2.75, 3.05) is 20.1 Å². The molecule has 5 nitrogen and oxygen atoms in total. The van der Waals surface area contributed by atoms with Gasteiger partial charge in [0.2, 0.25) is 5.91 Å². The Morgan fingerprint density at radius 3 is 2.56 bits per heavy atom. The summed E-state index contributed by atoms with van der Waals surface area (Å²) in [5.41, 5.74) is -0.609. The van der Waals surface area contributed by atoms with Crippen molar-refractivity contribution in [2.45, 2.75) is 38.8 Å². The van der Waals surface area contributed by atoms with Crippen molar-refractivity contribution >= 4 is 11.9 Å². The highest BCUT2D eigenvalue weighted by Crippen LogP contribution is 2.25. The third kappa shape index (κ3) is 2.35. The first-order valence-electron chi connectivity index (χ1n) is 5.51. The molecular weight excluding hydrogens is 208 g/mol. The highest BCUT2D eigenvalue weighted by molar-refractivity contribution is 5.86. The lowest BCUT2D eigenvalue weighted by atomic mass is 9.95. The van der Waals surface area contributed by atoms with Crippen LogP contribution in [0.4, 0.5) is 0 Å². The first-order chi connectivity index (χ1) is 7.26. The van der Waals surface area contributed by atoms with E-state index in [0.717, 1.165) is 6.54 Å². The molecule has 0 aromatic carbocycles. The van der Waals surface area contributed by atoms with E-state index in [0.29, 0.717) is 6.54 Å². The molecule has 0 radical (unpaired) electrons. The predicted molar refractivity (Wildman–Crippen MR) is 60.1 cm³/mol. The molecule has 1 amide bonds. The Bertz CT molecular complexity index is 302. The highest BCUT2D eigenvalue weighted by Gasteiger charge is 2.42. The molecule has 1 unspecified atom stereocenters. The minimum Gasteiger partial charge on any atom is -0.481 e. The number of likely N-dealkylation sites (N-methyl/N-ethyl adjacent to an activating group) is 1. The quantitative estimate of drug-likeness (QED) is 0.759. The van der Waals surface area contributed by atoms with Gasteiger partial charge in [-0.1, -0.05) is 0 Å². The Morgan fingerprint density at radius 1 is 1.50 bits per heavy atom. The van der Waals surface area contributed by atoms with Gasteiger partial charge in [0.1, 0.15) is 0 Å². The Labute approximate surface area is 96.0 Å². The molecule has 1 aliphatic rings. The molecule has 1 atom stereocenters. The Morgan fingerprint density at radius 2 is 2.06 bits per heavy atom. The van der Waals surface area contributed by atoms with Crippen molar-refractivity contribution in [2.24, 2.45) is 0 Å². The predicted octanol–water partition coefficient (Wildman–Crippen LogP) is 0.402. The maximum Gasteiger partial charge on any atom is 0.304 e. The third-order valence-electron chi connectivity index (χ3n) is 3.27. The summed E-state index contributed by atoms with van der Waals surface area (Å²) in [5, 5.41) is 8.78. The molecule has 0 aromatic rings. The standard InChI is InChI=1S/C11H20N2O3/c1-8(7-9(14)15)13-6-5-12(4)10(16)11(13,2)3/h8H,5-7H2,1-4H3,(H,14,15). The van der Waals surface area contributed by atoms with E-state index in [4.69, 9.17) is 5.11 Å². The maximum absolute atomic E-state index is 12.0. The van der Waals surface area contributed by atoms with Gasteiger partial charge >= 0.3 is 5.97 Å². The van der Waals surface area contributed by atoms with E-state index in [1.807, 2.05) is 25.7 Å². The van der Waals surface area contributed by atoms with Gasteiger partial charge in [-0.25, -0.2) is 0 Å². The summed E-state index contributed by atoms with van der Waals surface area (Å²) in [6, 6.07) is -0.120. The van der Waals surface area contributed by atoms with Crippen LogP contribution in [0, 0.1) is 0 Å². The lowest BCUT2D eigenvalue weighted by Gasteiger charge is -2.47. The Balaban J connectivity index is 2.81. The summed E-state index contributed by atoms with van der Waals surface area (Å²) in [4.78, 5) is 26.3. The number of nitrogens with zero attached hydrogens (tertiary/aromatic N) is 2. The van der Waals surface area contributed by atoms with E-state index < -0.39 is 11.5 Å². The van der Waals surface area contributed by atoms with Crippen LogP contribution in [0.1, 0.15) is 27.2 Å². The van der Waals surface area contributed by atoms with Crippen LogP contribution in [0.2, 0.25) is 0 Å². The number of carbonyl (C=O) groups excluding carboxylic acids is 1. The van der Waals surface area contributed by atoms with Crippen LogP contribution in [0.5, 0.6) is 0 Å². The molecule has 1 fully saturated rings. The second-order valence-electron chi connectivity index (χ2n) is 4.93. The number of piperazine rings is 1. The van der Waals surface area contributed by atoms with E-state index in [1.165, 1.54) is 0 Å². The van der Waals surface area contributed by atoms with Gasteiger partial charge < -0.3 is 10.0 Å². The molecule has 0 saturated carbocycles. The van der Waals surface area contributed by atoms with Gasteiger partial charge in [-0.2, -0.15) is 0 Å². The van der Waals surface area contributed by atoms with Crippen LogP contribution in [0.25, 0.3) is 0 Å². The minimum atomic E-state index is -0.824. The molecule has 0 aromatic heterocycles. The summed E-state index contributed by atoms with van der Waals surface area (Å²) < 4.78 is 0. The summed E-state index contributed by atoms with van der Waals surface area (Å²) in [6.07, 6.45) is 0.0699. The molecule has 0 aliphatic carbocycles. The van der Waals surface area contributed by atoms with Gasteiger partial charge in [-0.15, -0.1) is 0 Å². The van der Waals surface area contributed by atoms with Crippen molar-refractivity contribution in [3.63, 3.8) is 0 Å². The zero-order valence-corrected chi connectivity index (χ0v) is 10.4. The van der Waals surface area contributed by atoms with Crippen LogP contribution in [-0.4, -0.2) is 58.5 Å². The van der Waals surface area contributed by atoms with Crippen LogP contribution >= 0.6 is 0 Å². The number of carbonyl (C=O) groups is 2. The number of aliphatic carboxylic acids is 1. The second-order valence-corrected chi connectivity index (χ2v) is 4.93. The SMILES string of the molecule is CC(CC(=O)O)N1CCN(C)C(=O)C1(C)C. The van der Waals surface area contributed by atoms with Crippen molar-refractivity contribution in [3.8, 4) is 0 Å². The average Bonchev–Trinajstić information content (AvgIpc) is 2.13. The highest BCUT2D eigenvalue weighted by atomic mass is 16.4. The smallest absolute Gasteiger partial charge is 0.304 e. The van der Waals surface area contributed by atoms with Crippen molar-refractivity contribution in [1.82, 2.24) is 9.80 Å². The van der Waals surface area contributed by atoms with Crippen LogP contribution in [0.15, 0.2) is 0 Å². The Hall–Kier alpha value is -1.10. The summed E-state index contributed by atoms with van der Waals surface area (Å²) in [6.45, 7) is 6.94. The number of carboxylic acids is 1. The van der Waals surface area contributed by atoms with Crippen molar-refractivity contribution < 1.29 is 14.7 Å². The molecule has 16 heavy (non-hydrogen) atoms. The number of carboxylic acid groups (broad SMARTS) is 1. The van der Waals surface area contributed by atoms with E-state index in [-0.39, 0.29) is 18.4 Å². The molecule has 0 spiro atoms. The van der Waals surface area contributed by atoms with Gasteiger partial charge in [0.05, 0.1) is 12.0 Å². The van der Waals surface area contributed by atoms with E-state index in [2.05, 4.69) is 0 Å². The molecule has 1 N–H and O–H groups in total. The number of rotatable bonds is 3. The first-order valence-corrected chi connectivity index (χ1v) is 5.51. The largest absolute Gasteiger partial charge is 0.481 e. The molecule has 1 saturated heterocycles. The van der Waals surface area contributed by atoms with Gasteiger partial charge in [0, 0.05) is 26.2 Å².